The topological polar surface area (TPSA) is 66.1 Å². The third-order valence-electron chi connectivity index (χ3n) is 10.0. The second kappa shape index (κ2) is 10.6. The lowest BCUT2D eigenvalue weighted by atomic mass is 9.70. The molecule has 5 nitrogen and oxygen atoms in total. The molecule has 2 atom stereocenters. The summed E-state index contributed by atoms with van der Waals surface area (Å²) in [5, 5.41) is 11.6. The van der Waals surface area contributed by atoms with Crippen LogP contribution in [0.2, 0.25) is 0 Å². The summed E-state index contributed by atoms with van der Waals surface area (Å²) in [6, 6.07) is 39.0. The van der Waals surface area contributed by atoms with Crippen molar-refractivity contribution in [3.63, 3.8) is 0 Å². The molecule has 0 saturated heterocycles. The summed E-state index contributed by atoms with van der Waals surface area (Å²) in [5.41, 5.74) is 8.02. The van der Waals surface area contributed by atoms with Crippen molar-refractivity contribution in [2.24, 2.45) is 5.41 Å². The van der Waals surface area contributed by atoms with Crippen LogP contribution < -0.4 is 4.90 Å². The predicted molar refractivity (Wildman–Crippen MR) is 194 cm³/mol. The first kappa shape index (κ1) is 30.0. The van der Waals surface area contributed by atoms with Crippen LogP contribution in [0.5, 0.6) is 0 Å². The van der Waals surface area contributed by atoms with E-state index in [-0.39, 0.29) is 26.7 Å². The van der Waals surface area contributed by atoms with Gasteiger partial charge in [-0.1, -0.05) is 81.5 Å². The zero-order valence-electron chi connectivity index (χ0n) is 27.3. The highest BCUT2D eigenvalue weighted by molar-refractivity contribution is 7.91. The van der Waals surface area contributed by atoms with Gasteiger partial charge < -0.3 is 9.47 Å². The molecule has 6 heteroatoms. The Bertz CT molecular complexity index is 2460. The Morgan fingerprint density at radius 2 is 1.40 bits per heavy atom. The van der Waals surface area contributed by atoms with E-state index in [4.69, 9.17) is 5.26 Å². The summed E-state index contributed by atoms with van der Waals surface area (Å²) < 4.78 is 29.5. The van der Waals surface area contributed by atoms with Gasteiger partial charge in [0, 0.05) is 38.8 Å². The molecule has 0 amide bonds. The van der Waals surface area contributed by atoms with Crippen LogP contribution in [0, 0.1) is 16.7 Å². The molecular weight excluding hydrogens is 611 g/mol. The van der Waals surface area contributed by atoms with Crippen LogP contribution in [0.3, 0.4) is 0 Å². The zero-order chi connectivity index (χ0) is 33.4. The predicted octanol–water partition coefficient (Wildman–Crippen LogP) is 9.81. The normalized spacial score (nSPS) is 18.9. The number of rotatable bonds is 4. The standard InChI is InChI=1S/C42H35N3O2S/c1-41(2,3)29-16-25-38-42(4,26-29)39-37(24-23-35-34-12-8-9-13-36(34)45(40(35)39)30-10-6-5-7-11-30)44(38)31-17-21-33(22-18-31)48(46,47)32-19-14-28(27-43)15-20-32/h5-26,38H,1-4H3. The number of fused-ring (bicyclic) bond motifs is 7. The van der Waals surface area contributed by atoms with Gasteiger partial charge in [0.2, 0.25) is 9.84 Å². The van der Waals surface area contributed by atoms with Gasteiger partial charge in [-0.15, -0.1) is 0 Å². The van der Waals surface area contributed by atoms with Gasteiger partial charge >= 0.3 is 0 Å². The van der Waals surface area contributed by atoms with E-state index in [1.807, 2.05) is 18.2 Å². The van der Waals surface area contributed by atoms with E-state index >= 15 is 0 Å². The lowest BCUT2D eigenvalue weighted by Gasteiger charge is -2.38. The number of para-hydroxylation sites is 2. The molecule has 1 aliphatic heterocycles. The van der Waals surface area contributed by atoms with Gasteiger partial charge in [-0.25, -0.2) is 8.42 Å². The largest absolute Gasteiger partial charge is 0.333 e. The molecule has 0 radical (unpaired) electrons. The van der Waals surface area contributed by atoms with Crippen LogP contribution >= 0.6 is 0 Å². The lowest BCUT2D eigenvalue weighted by Crippen LogP contribution is -2.40. The quantitative estimate of drug-likeness (QED) is 0.191. The summed E-state index contributed by atoms with van der Waals surface area (Å²) in [5.74, 6) is 0. The molecule has 2 heterocycles. The molecule has 5 aromatic carbocycles. The molecule has 48 heavy (non-hydrogen) atoms. The molecule has 0 fully saturated rings. The first-order valence-electron chi connectivity index (χ1n) is 16.2. The Morgan fingerprint density at radius 3 is 2.06 bits per heavy atom. The van der Waals surface area contributed by atoms with Crippen LogP contribution in [-0.4, -0.2) is 19.0 Å². The fourth-order valence-corrected chi connectivity index (χ4v) is 8.86. The third kappa shape index (κ3) is 4.38. The molecule has 0 N–H and O–H groups in total. The van der Waals surface area contributed by atoms with Gasteiger partial charge in [-0.2, -0.15) is 5.26 Å². The van der Waals surface area contributed by atoms with E-state index in [9.17, 15) is 8.42 Å². The van der Waals surface area contributed by atoms with Gasteiger partial charge in [0.1, 0.15) is 0 Å². The van der Waals surface area contributed by atoms with Crippen LogP contribution in [0.25, 0.3) is 27.5 Å². The number of hydrogen-bond acceptors (Lipinski definition) is 4. The number of aromatic nitrogens is 1. The molecule has 0 bridgehead atoms. The van der Waals surface area contributed by atoms with E-state index in [0.717, 1.165) is 22.6 Å². The highest BCUT2D eigenvalue weighted by atomic mass is 32.2. The van der Waals surface area contributed by atoms with Crippen LogP contribution in [-0.2, 0) is 15.3 Å². The number of sulfone groups is 1. The van der Waals surface area contributed by atoms with Crippen molar-refractivity contribution in [3.8, 4) is 11.8 Å². The van der Waals surface area contributed by atoms with Crippen molar-refractivity contribution in [1.29, 1.82) is 5.26 Å². The summed E-state index contributed by atoms with van der Waals surface area (Å²) >= 11 is 0. The zero-order valence-corrected chi connectivity index (χ0v) is 28.2. The molecule has 0 saturated carbocycles. The van der Waals surface area contributed by atoms with Gasteiger partial charge in [-0.3, -0.25) is 0 Å². The smallest absolute Gasteiger partial charge is 0.206 e. The summed E-state index contributed by atoms with van der Waals surface area (Å²) in [7, 11) is -3.76. The summed E-state index contributed by atoms with van der Waals surface area (Å²) in [6.45, 7) is 9.13. The number of hydrogen-bond donors (Lipinski definition) is 0. The van der Waals surface area contributed by atoms with Crippen molar-refractivity contribution >= 4 is 43.0 Å². The van der Waals surface area contributed by atoms with Crippen molar-refractivity contribution in [1.82, 2.24) is 4.57 Å². The monoisotopic (exact) mass is 645 g/mol. The highest BCUT2D eigenvalue weighted by Gasteiger charge is 2.50. The maximum atomic E-state index is 13.6. The van der Waals surface area contributed by atoms with Gasteiger partial charge in [0.05, 0.1) is 38.5 Å². The second-order valence-electron chi connectivity index (χ2n) is 14.0. The molecule has 8 rings (SSSR count). The van der Waals surface area contributed by atoms with Crippen molar-refractivity contribution in [2.45, 2.75) is 48.9 Å². The average molecular weight is 646 g/mol. The van der Waals surface area contributed by atoms with E-state index in [1.165, 1.54) is 51.7 Å². The number of nitriles is 1. The maximum absolute atomic E-state index is 13.6. The van der Waals surface area contributed by atoms with Gasteiger partial charge in [0.15, 0.2) is 0 Å². The number of nitrogens with zero attached hydrogens (tertiary/aromatic N) is 3. The van der Waals surface area contributed by atoms with E-state index in [0.29, 0.717) is 5.56 Å². The van der Waals surface area contributed by atoms with Crippen LogP contribution in [0.1, 0.15) is 38.8 Å². The van der Waals surface area contributed by atoms with Crippen molar-refractivity contribution in [3.05, 3.63) is 150 Å². The second-order valence-corrected chi connectivity index (χ2v) is 15.9. The van der Waals surface area contributed by atoms with Crippen molar-refractivity contribution < 1.29 is 8.42 Å². The molecule has 2 unspecified atom stereocenters. The van der Waals surface area contributed by atoms with E-state index in [1.54, 1.807) is 12.1 Å². The fourth-order valence-electron chi connectivity index (χ4n) is 7.60. The number of allylic oxidation sites excluding steroid dienone is 2. The molecule has 6 aromatic rings. The molecule has 1 aromatic heterocycles. The average Bonchev–Trinajstić information content (AvgIpc) is 3.57. The van der Waals surface area contributed by atoms with Gasteiger partial charge in [0.25, 0.3) is 0 Å². The maximum Gasteiger partial charge on any atom is 0.206 e. The minimum atomic E-state index is -3.76. The lowest BCUT2D eigenvalue weighted by molar-refractivity contribution is 0.479. The molecule has 1 aliphatic carbocycles. The number of benzene rings is 5. The Balaban J connectivity index is 1.36. The number of anilines is 2. The van der Waals surface area contributed by atoms with Crippen molar-refractivity contribution in [2.75, 3.05) is 4.90 Å². The molecular formula is C42H35N3O2S. The third-order valence-corrected chi connectivity index (χ3v) is 11.8. The van der Waals surface area contributed by atoms with Crippen LogP contribution in [0.15, 0.2) is 149 Å². The molecule has 0 spiro atoms. The summed E-state index contributed by atoms with van der Waals surface area (Å²) in [6.07, 6.45) is 7.05. The molecule has 2 aliphatic rings. The minimum absolute atomic E-state index is 0.0348. The SMILES string of the molecule is CC(C)(C)C1=CC2(C)c3c(ccc4c5ccccc5n(-c5ccccc5)c34)N(c3ccc(S(=O)(=O)c4ccc(C#N)cc4)cc3)C2C=C1. The Kier molecular flexibility index (Phi) is 6.60. The highest BCUT2D eigenvalue weighted by Crippen LogP contribution is 2.56. The van der Waals surface area contributed by atoms with E-state index < -0.39 is 9.84 Å². The first-order chi connectivity index (χ1) is 23.0. The minimum Gasteiger partial charge on any atom is -0.333 e. The van der Waals surface area contributed by atoms with Gasteiger partial charge in [-0.05, 0) is 90.7 Å². The summed E-state index contributed by atoms with van der Waals surface area (Å²) in [4.78, 5) is 2.75. The molecule has 236 valence electrons. The Morgan fingerprint density at radius 1 is 0.750 bits per heavy atom. The Hall–Kier alpha value is -5.38. The fraction of sp³-hybridized carbons (Fsp3) is 0.167. The first-order valence-corrected chi connectivity index (χ1v) is 17.7. The van der Waals surface area contributed by atoms with E-state index in [2.05, 4.69) is 122 Å². The Labute approximate surface area is 281 Å². The van der Waals surface area contributed by atoms with Crippen LogP contribution in [0.4, 0.5) is 11.4 Å².